The highest BCUT2D eigenvalue weighted by atomic mass is 16.5. The second kappa shape index (κ2) is 6.40. The second-order valence-corrected chi connectivity index (χ2v) is 5.02. The number of carbonyl (C=O) groups excluding carboxylic acids is 1. The third kappa shape index (κ3) is 3.32. The van der Waals surface area contributed by atoms with Crippen LogP contribution in [0.3, 0.4) is 0 Å². The highest BCUT2D eigenvalue weighted by Crippen LogP contribution is 2.21. The fourth-order valence-electron chi connectivity index (χ4n) is 2.14. The Morgan fingerprint density at radius 2 is 2.00 bits per heavy atom. The Labute approximate surface area is 128 Å². The Kier molecular flexibility index (Phi) is 4.57. The smallest absolute Gasteiger partial charge is 0.269 e. The molecule has 0 aliphatic heterocycles. The fourth-order valence-corrected chi connectivity index (χ4v) is 2.14. The number of carbonyl (C=O) groups is 1. The standard InChI is InChI=1S/C15H19N5O2/c1-8-4-5-9(2)12(6-8)22-7-11-13(14(21)20-17)10(3)18-15(16)19-11/h4-6H,7,17H2,1-3H3,(H,20,21)(H2,16,18,19). The van der Waals surface area contributed by atoms with E-state index in [0.29, 0.717) is 11.4 Å². The number of aryl methyl sites for hydroxylation is 3. The van der Waals surface area contributed by atoms with Crippen LogP contribution in [0.25, 0.3) is 0 Å². The van der Waals surface area contributed by atoms with E-state index in [1.165, 1.54) is 0 Å². The van der Waals surface area contributed by atoms with Gasteiger partial charge in [0.2, 0.25) is 5.95 Å². The minimum absolute atomic E-state index is 0.0886. The summed E-state index contributed by atoms with van der Waals surface area (Å²) < 4.78 is 5.78. The van der Waals surface area contributed by atoms with Crippen molar-refractivity contribution in [3.05, 3.63) is 46.3 Å². The quantitative estimate of drug-likeness (QED) is 0.443. The molecule has 7 nitrogen and oxygen atoms in total. The van der Waals surface area contributed by atoms with E-state index in [1.807, 2.05) is 32.0 Å². The maximum atomic E-state index is 11.9. The van der Waals surface area contributed by atoms with Crippen molar-refractivity contribution in [3.63, 3.8) is 0 Å². The van der Waals surface area contributed by atoms with E-state index in [0.717, 1.165) is 16.9 Å². The average Bonchev–Trinajstić information content (AvgIpc) is 2.47. The maximum absolute atomic E-state index is 11.9. The molecule has 0 saturated carbocycles. The van der Waals surface area contributed by atoms with Gasteiger partial charge in [0.05, 0.1) is 17.0 Å². The molecule has 1 aromatic heterocycles. The lowest BCUT2D eigenvalue weighted by molar-refractivity contribution is 0.0949. The van der Waals surface area contributed by atoms with Crippen LogP contribution in [0.2, 0.25) is 0 Å². The number of benzene rings is 1. The van der Waals surface area contributed by atoms with Crippen LogP contribution in [0.1, 0.15) is 32.9 Å². The number of hydrogen-bond acceptors (Lipinski definition) is 6. The van der Waals surface area contributed by atoms with Crippen LogP contribution in [0.4, 0.5) is 5.95 Å². The van der Waals surface area contributed by atoms with Crippen molar-refractivity contribution in [1.29, 1.82) is 0 Å². The number of nitrogens with one attached hydrogen (secondary N) is 1. The van der Waals surface area contributed by atoms with Gasteiger partial charge in [0.25, 0.3) is 5.91 Å². The molecule has 1 amide bonds. The second-order valence-electron chi connectivity index (χ2n) is 5.02. The highest BCUT2D eigenvalue weighted by molar-refractivity contribution is 5.95. The zero-order chi connectivity index (χ0) is 16.3. The van der Waals surface area contributed by atoms with Crippen LogP contribution in [-0.4, -0.2) is 15.9 Å². The summed E-state index contributed by atoms with van der Waals surface area (Å²) in [5, 5.41) is 0. The van der Waals surface area contributed by atoms with Crippen molar-refractivity contribution in [2.75, 3.05) is 5.73 Å². The number of rotatable bonds is 4. The molecule has 2 aromatic rings. The maximum Gasteiger partial charge on any atom is 0.269 e. The summed E-state index contributed by atoms with van der Waals surface area (Å²) in [4.78, 5) is 20.0. The van der Waals surface area contributed by atoms with Crippen LogP contribution in [0, 0.1) is 20.8 Å². The molecule has 7 heteroatoms. The summed E-state index contributed by atoms with van der Waals surface area (Å²) in [6.07, 6.45) is 0. The van der Waals surface area contributed by atoms with E-state index < -0.39 is 5.91 Å². The average molecular weight is 301 g/mol. The van der Waals surface area contributed by atoms with Gasteiger partial charge in [0, 0.05) is 0 Å². The Morgan fingerprint density at radius 3 is 2.68 bits per heavy atom. The first-order valence-electron chi connectivity index (χ1n) is 6.76. The molecule has 5 N–H and O–H groups in total. The summed E-state index contributed by atoms with van der Waals surface area (Å²) in [5.41, 5.74) is 10.9. The monoisotopic (exact) mass is 301 g/mol. The van der Waals surface area contributed by atoms with E-state index in [2.05, 4.69) is 15.4 Å². The van der Waals surface area contributed by atoms with Gasteiger partial charge in [0.1, 0.15) is 12.4 Å². The Morgan fingerprint density at radius 1 is 1.27 bits per heavy atom. The van der Waals surface area contributed by atoms with Gasteiger partial charge in [-0.3, -0.25) is 10.2 Å². The van der Waals surface area contributed by atoms with Gasteiger partial charge in [0.15, 0.2) is 0 Å². The topological polar surface area (TPSA) is 116 Å². The number of nitrogens with two attached hydrogens (primary N) is 2. The number of aromatic nitrogens is 2. The number of amides is 1. The molecule has 0 aliphatic carbocycles. The van der Waals surface area contributed by atoms with Crippen molar-refractivity contribution >= 4 is 11.9 Å². The molecule has 0 spiro atoms. The molecular formula is C15H19N5O2. The van der Waals surface area contributed by atoms with Gasteiger partial charge in [-0.05, 0) is 38.0 Å². The lowest BCUT2D eigenvalue weighted by Crippen LogP contribution is -2.32. The number of hydrazine groups is 1. The number of ether oxygens (including phenoxy) is 1. The third-order valence-electron chi connectivity index (χ3n) is 3.25. The Balaban J connectivity index is 2.33. The summed E-state index contributed by atoms with van der Waals surface area (Å²) in [7, 11) is 0. The molecule has 0 aliphatic rings. The van der Waals surface area contributed by atoms with E-state index in [-0.39, 0.29) is 18.1 Å². The van der Waals surface area contributed by atoms with E-state index in [4.69, 9.17) is 16.3 Å². The number of hydrogen-bond donors (Lipinski definition) is 3. The molecule has 0 fully saturated rings. The summed E-state index contributed by atoms with van der Waals surface area (Å²) in [5.74, 6) is 5.55. The van der Waals surface area contributed by atoms with Crippen molar-refractivity contribution < 1.29 is 9.53 Å². The third-order valence-corrected chi connectivity index (χ3v) is 3.25. The van der Waals surface area contributed by atoms with E-state index >= 15 is 0 Å². The van der Waals surface area contributed by atoms with Gasteiger partial charge in [-0.2, -0.15) is 0 Å². The van der Waals surface area contributed by atoms with E-state index in [9.17, 15) is 4.79 Å². The van der Waals surface area contributed by atoms with Crippen LogP contribution < -0.4 is 21.7 Å². The van der Waals surface area contributed by atoms with Gasteiger partial charge in [-0.1, -0.05) is 12.1 Å². The molecule has 0 unspecified atom stereocenters. The van der Waals surface area contributed by atoms with Crippen molar-refractivity contribution in [3.8, 4) is 5.75 Å². The van der Waals surface area contributed by atoms with Gasteiger partial charge < -0.3 is 10.5 Å². The fraction of sp³-hybridized carbons (Fsp3) is 0.267. The van der Waals surface area contributed by atoms with Crippen LogP contribution in [-0.2, 0) is 6.61 Å². The number of nitrogen functional groups attached to an aromatic ring is 2. The molecule has 1 heterocycles. The summed E-state index contributed by atoms with van der Waals surface area (Å²) in [6.45, 7) is 5.69. The molecule has 1 aromatic carbocycles. The lowest BCUT2D eigenvalue weighted by Gasteiger charge is -2.13. The highest BCUT2D eigenvalue weighted by Gasteiger charge is 2.18. The Bertz CT molecular complexity index is 715. The molecule has 22 heavy (non-hydrogen) atoms. The predicted molar refractivity (Wildman–Crippen MR) is 83.1 cm³/mol. The molecule has 0 atom stereocenters. The molecular weight excluding hydrogens is 282 g/mol. The van der Waals surface area contributed by atoms with Gasteiger partial charge in [-0.25, -0.2) is 15.8 Å². The lowest BCUT2D eigenvalue weighted by atomic mass is 10.1. The van der Waals surface area contributed by atoms with E-state index in [1.54, 1.807) is 6.92 Å². The van der Waals surface area contributed by atoms with Crippen molar-refractivity contribution in [2.45, 2.75) is 27.4 Å². The van der Waals surface area contributed by atoms with Crippen LogP contribution in [0.15, 0.2) is 18.2 Å². The number of anilines is 1. The zero-order valence-corrected chi connectivity index (χ0v) is 12.8. The summed E-state index contributed by atoms with van der Waals surface area (Å²) >= 11 is 0. The van der Waals surface area contributed by atoms with Crippen LogP contribution in [0.5, 0.6) is 5.75 Å². The first-order valence-corrected chi connectivity index (χ1v) is 6.76. The largest absolute Gasteiger partial charge is 0.487 e. The summed E-state index contributed by atoms with van der Waals surface area (Å²) in [6, 6.07) is 5.90. The van der Waals surface area contributed by atoms with Crippen molar-refractivity contribution in [1.82, 2.24) is 15.4 Å². The molecule has 0 saturated heterocycles. The number of nitrogens with zero attached hydrogens (tertiary/aromatic N) is 2. The molecule has 2 rings (SSSR count). The molecule has 0 radical (unpaired) electrons. The Hall–Kier alpha value is -2.67. The SMILES string of the molecule is Cc1ccc(C)c(OCc2nc(N)nc(C)c2C(=O)NN)c1. The zero-order valence-electron chi connectivity index (χ0n) is 12.8. The minimum Gasteiger partial charge on any atom is -0.487 e. The molecule has 116 valence electrons. The first-order chi connectivity index (χ1) is 10.4. The molecule has 0 bridgehead atoms. The van der Waals surface area contributed by atoms with Gasteiger partial charge in [-0.15, -0.1) is 0 Å². The van der Waals surface area contributed by atoms with Gasteiger partial charge >= 0.3 is 0 Å². The van der Waals surface area contributed by atoms with Crippen molar-refractivity contribution in [2.24, 2.45) is 5.84 Å². The van der Waals surface area contributed by atoms with Crippen LogP contribution >= 0.6 is 0 Å². The minimum atomic E-state index is -0.475. The predicted octanol–water partition coefficient (Wildman–Crippen LogP) is 1.17. The normalized spacial score (nSPS) is 10.4. The first kappa shape index (κ1) is 15.7.